The molecule has 0 aliphatic heterocycles. The molecule has 1 aromatic heterocycles. The molecule has 0 amide bonds. The Labute approximate surface area is 75.8 Å². The van der Waals surface area contributed by atoms with Gasteiger partial charge in [-0.1, -0.05) is 12.1 Å². The van der Waals surface area contributed by atoms with Crippen molar-refractivity contribution in [2.75, 3.05) is 0 Å². The van der Waals surface area contributed by atoms with Crippen molar-refractivity contribution in [1.29, 1.82) is 0 Å². The summed E-state index contributed by atoms with van der Waals surface area (Å²) < 4.78 is 5.21. The summed E-state index contributed by atoms with van der Waals surface area (Å²) in [6.45, 7) is 1.95. The van der Waals surface area contributed by atoms with Crippen LogP contribution in [0.1, 0.15) is 5.56 Å². The average Bonchev–Trinajstić information content (AvgIpc) is 2.49. The lowest BCUT2D eigenvalue weighted by Crippen LogP contribution is -2.27. The second-order valence-electron chi connectivity index (χ2n) is 3.01. The van der Waals surface area contributed by atoms with E-state index >= 15 is 0 Å². The van der Waals surface area contributed by atoms with Gasteiger partial charge in [-0.15, -0.1) is 0 Å². The number of rotatable bonds is 1. The molecule has 0 saturated carbocycles. The maximum Gasteiger partial charge on any atom is 0.526 e. The van der Waals surface area contributed by atoms with Crippen LogP contribution in [-0.4, -0.2) is 17.2 Å². The lowest BCUT2D eigenvalue weighted by atomic mass is 9.87. The van der Waals surface area contributed by atoms with Crippen molar-refractivity contribution < 1.29 is 14.5 Å². The fourth-order valence-corrected chi connectivity index (χ4v) is 1.35. The molecule has 4 heteroatoms. The maximum absolute atomic E-state index is 8.88. The van der Waals surface area contributed by atoms with Crippen LogP contribution in [0.15, 0.2) is 28.7 Å². The van der Waals surface area contributed by atoms with E-state index in [0.717, 1.165) is 10.9 Å². The normalized spacial score (nSPS) is 10.7. The van der Waals surface area contributed by atoms with Gasteiger partial charge in [0, 0.05) is 5.39 Å². The minimum Gasteiger partial charge on any atom is -0.465 e. The molecule has 1 aromatic carbocycles. The zero-order valence-corrected chi connectivity index (χ0v) is 7.19. The van der Waals surface area contributed by atoms with E-state index in [0.29, 0.717) is 5.58 Å². The molecule has 2 N–H and O–H groups in total. The van der Waals surface area contributed by atoms with Crippen LogP contribution in [0.5, 0.6) is 0 Å². The fraction of sp³-hybridized carbons (Fsp3) is 0.111. The van der Waals surface area contributed by atoms with Crippen LogP contribution in [0.4, 0.5) is 0 Å². The molecule has 2 aromatic rings. The molecular formula is C9H9BO3. The molecule has 1 heterocycles. The largest absolute Gasteiger partial charge is 0.526 e. The zero-order valence-electron chi connectivity index (χ0n) is 7.19. The third-order valence-corrected chi connectivity index (χ3v) is 2.05. The Balaban J connectivity index is 2.68. The van der Waals surface area contributed by atoms with Gasteiger partial charge in [0.1, 0.15) is 11.2 Å². The maximum atomic E-state index is 8.88. The SMILES string of the molecule is Cc1cccc2oc(B(O)O)cc12. The molecule has 0 radical (unpaired) electrons. The van der Waals surface area contributed by atoms with Crippen LogP contribution in [0.3, 0.4) is 0 Å². The monoisotopic (exact) mass is 176 g/mol. The number of fused-ring (bicyclic) bond motifs is 1. The topological polar surface area (TPSA) is 53.6 Å². The zero-order chi connectivity index (χ0) is 9.42. The smallest absolute Gasteiger partial charge is 0.465 e. The molecule has 3 nitrogen and oxygen atoms in total. The minimum atomic E-state index is -1.54. The molecule has 0 aliphatic carbocycles. The highest BCUT2D eigenvalue weighted by atomic mass is 16.4. The van der Waals surface area contributed by atoms with Crippen LogP contribution in [0.25, 0.3) is 11.0 Å². The molecule has 0 unspecified atom stereocenters. The van der Waals surface area contributed by atoms with Crippen molar-refractivity contribution in [2.45, 2.75) is 6.92 Å². The lowest BCUT2D eigenvalue weighted by molar-refractivity contribution is 0.412. The molecule has 0 atom stereocenters. The van der Waals surface area contributed by atoms with E-state index in [1.54, 1.807) is 12.1 Å². The van der Waals surface area contributed by atoms with Gasteiger partial charge in [0.2, 0.25) is 0 Å². The van der Waals surface area contributed by atoms with Crippen molar-refractivity contribution in [3.8, 4) is 0 Å². The first-order chi connectivity index (χ1) is 6.18. The van der Waals surface area contributed by atoms with E-state index in [-0.39, 0.29) is 5.66 Å². The molecular weight excluding hydrogens is 167 g/mol. The highest BCUT2D eigenvalue weighted by Crippen LogP contribution is 2.17. The summed E-state index contributed by atoms with van der Waals surface area (Å²) in [7, 11) is -1.54. The molecule has 2 rings (SSSR count). The van der Waals surface area contributed by atoms with Gasteiger partial charge in [-0.25, -0.2) is 0 Å². The predicted octanol–water partition coefficient (Wildman–Crippen LogP) is 0.421. The van der Waals surface area contributed by atoms with E-state index in [4.69, 9.17) is 14.5 Å². The first-order valence-electron chi connectivity index (χ1n) is 4.03. The van der Waals surface area contributed by atoms with E-state index in [1.807, 2.05) is 19.1 Å². The van der Waals surface area contributed by atoms with Gasteiger partial charge in [-0.2, -0.15) is 0 Å². The number of hydrogen-bond donors (Lipinski definition) is 2. The summed E-state index contributed by atoms with van der Waals surface area (Å²) in [6, 6.07) is 7.27. The van der Waals surface area contributed by atoms with Crippen molar-refractivity contribution >= 4 is 23.7 Å². The van der Waals surface area contributed by atoms with Crippen molar-refractivity contribution in [3.63, 3.8) is 0 Å². The van der Waals surface area contributed by atoms with Crippen molar-refractivity contribution in [3.05, 3.63) is 29.8 Å². The Kier molecular flexibility index (Phi) is 1.86. The number of furan rings is 1. The Hall–Kier alpha value is -1.26. The van der Waals surface area contributed by atoms with E-state index < -0.39 is 7.12 Å². The van der Waals surface area contributed by atoms with Gasteiger partial charge in [0.15, 0.2) is 0 Å². The molecule has 0 saturated heterocycles. The van der Waals surface area contributed by atoms with E-state index in [2.05, 4.69) is 0 Å². The Bertz CT molecular complexity index is 433. The van der Waals surface area contributed by atoms with Gasteiger partial charge in [0.25, 0.3) is 0 Å². The Morgan fingerprint density at radius 1 is 1.31 bits per heavy atom. The predicted molar refractivity (Wildman–Crippen MR) is 50.8 cm³/mol. The molecule has 0 fully saturated rings. The Morgan fingerprint density at radius 2 is 2.08 bits per heavy atom. The van der Waals surface area contributed by atoms with Crippen LogP contribution in [0.2, 0.25) is 0 Å². The van der Waals surface area contributed by atoms with Crippen molar-refractivity contribution in [1.82, 2.24) is 0 Å². The standard InChI is InChI=1S/C9H9BO3/c1-6-3-2-4-8-7(6)5-9(13-8)10(11)12/h2-5,11-12H,1H3. The summed E-state index contributed by atoms with van der Waals surface area (Å²) in [4.78, 5) is 0. The molecule has 0 aliphatic rings. The second kappa shape index (κ2) is 2.90. The van der Waals surface area contributed by atoms with Crippen LogP contribution >= 0.6 is 0 Å². The number of aryl methyl sites for hydroxylation is 1. The van der Waals surface area contributed by atoms with Gasteiger partial charge in [-0.3, -0.25) is 0 Å². The van der Waals surface area contributed by atoms with Crippen LogP contribution < -0.4 is 5.66 Å². The third-order valence-electron chi connectivity index (χ3n) is 2.05. The fourth-order valence-electron chi connectivity index (χ4n) is 1.35. The summed E-state index contributed by atoms with van der Waals surface area (Å²) in [5.74, 6) is 0. The van der Waals surface area contributed by atoms with Crippen LogP contribution in [0, 0.1) is 6.92 Å². The summed E-state index contributed by atoms with van der Waals surface area (Å²) >= 11 is 0. The molecule has 13 heavy (non-hydrogen) atoms. The lowest BCUT2D eigenvalue weighted by Gasteiger charge is -1.90. The average molecular weight is 176 g/mol. The molecule has 66 valence electrons. The molecule has 0 bridgehead atoms. The first kappa shape index (κ1) is 8.35. The van der Waals surface area contributed by atoms with Gasteiger partial charge in [-0.05, 0) is 24.6 Å². The van der Waals surface area contributed by atoms with Crippen molar-refractivity contribution in [2.24, 2.45) is 0 Å². The number of hydrogen-bond acceptors (Lipinski definition) is 3. The summed E-state index contributed by atoms with van der Waals surface area (Å²) in [6.07, 6.45) is 0. The minimum absolute atomic E-state index is 0.185. The first-order valence-corrected chi connectivity index (χ1v) is 4.03. The second-order valence-corrected chi connectivity index (χ2v) is 3.01. The van der Waals surface area contributed by atoms with Gasteiger partial charge in [0.05, 0.1) is 0 Å². The quantitative estimate of drug-likeness (QED) is 0.619. The van der Waals surface area contributed by atoms with Gasteiger partial charge >= 0.3 is 7.12 Å². The number of benzene rings is 1. The summed E-state index contributed by atoms with van der Waals surface area (Å²) in [5, 5.41) is 18.7. The molecule has 0 spiro atoms. The van der Waals surface area contributed by atoms with E-state index in [9.17, 15) is 0 Å². The van der Waals surface area contributed by atoms with Crippen LogP contribution in [-0.2, 0) is 0 Å². The Morgan fingerprint density at radius 3 is 2.69 bits per heavy atom. The highest BCUT2D eigenvalue weighted by Gasteiger charge is 2.17. The van der Waals surface area contributed by atoms with Gasteiger partial charge < -0.3 is 14.5 Å². The summed E-state index contributed by atoms with van der Waals surface area (Å²) in [5.41, 5.74) is 1.93. The highest BCUT2D eigenvalue weighted by molar-refractivity contribution is 6.57. The van der Waals surface area contributed by atoms with E-state index in [1.165, 1.54) is 0 Å². The third kappa shape index (κ3) is 1.34.